The van der Waals surface area contributed by atoms with Gasteiger partial charge in [-0.05, 0) is 41.1 Å². The lowest BCUT2D eigenvalue weighted by Crippen LogP contribution is -2.21. The van der Waals surface area contributed by atoms with Gasteiger partial charge in [-0.25, -0.2) is 9.18 Å². The summed E-state index contributed by atoms with van der Waals surface area (Å²) >= 11 is 5.85. The number of amides is 1. The van der Waals surface area contributed by atoms with Gasteiger partial charge < -0.3 is 14.8 Å². The normalized spacial score (nSPS) is 10.5. The molecule has 0 radical (unpaired) electrons. The van der Waals surface area contributed by atoms with Crippen LogP contribution >= 0.6 is 11.6 Å². The van der Waals surface area contributed by atoms with Crippen molar-refractivity contribution in [3.05, 3.63) is 71.0 Å². The lowest BCUT2D eigenvalue weighted by molar-refractivity contribution is -0.119. The molecule has 7 heteroatoms. The molecule has 0 heterocycles. The van der Waals surface area contributed by atoms with Crippen molar-refractivity contribution in [2.75, 3.05) is 19.0 Å². The number of esters is 1. The van der Waals surface area contributed by atoms with Crippen molar-refractivity contribution in [2.24, 2.45) is 0 Å². The summed E-state index contributed by atoms with van der Waals surface area (Å²) in [4.78, 5) is 24.4. The van der Waals surface area contributed by atoms with Crippen LogP contribution in [-0.4, -0.2) is 25.6 Å². The van der Waals surface area contributed by atoms with Crippen molar-refractivity contribution in [3.63, 3.8) is 0 Å². The molecule has 0 spiro atoms. The third kappa shape index (κ3) is 4.35. The van der Waals surface area contributed by atoms with E-state index in [0.29, 0.717) is 5.75 Å². The number of carbonyl (C=O) groups is 2. The van der Waals surface area contributed by atoms with Crippen LogP contribution in [0, 0.1) is 5.82 Å². The van der Waals surface area contributed by atoms with Gasteiger partial charge in [0.25, 0.3) is 5.91 Å². The second-order valence-corrected chi connectivity index (χ2v) is 6.06. The molecule has 0 fully saturated rings. The van der Waals surface area contributed by atoms with Gasteiger partial charge in [-0.15, -0.1) is 0 Å². The van der Waals surface area contributed by atoms with Crippen LogP contribution < -0.4 is 10.1 Å². The topological polar surface area (TPSA) is 64.6 Å². The number of fused-ring (bicyclic) bond motifs is 1. The van der Waals surface area contributed by atoms with Crippen molar-refractivity contribution in [1.82, 2.24) is 0 Å². The van der Waals surface area contributed by atoms with Crippen LogP contribution in [0.3, 0.4) is 0 Å². The molecule has 1 amide bonds. The first-order valence-electron chi connectivity index (χ1n) is 7.97. The van der Waals surface area contributed by atoms with E-state index in [1.54, 1.807) is 12.1 Å². The maximum atomic E-state index is 13.0. The minimum Gasteiger partial charge on any atom is -0.496 e. The summed E-state index contributed by atoms with van der Waals surface area (Å²) < 4.78 is 23.3. The molecule has 0 saturated carbocycles. The van der Waals surface area contributed by atoms with Gasteiger partial charge in [0, 0.05) is 0 Å². The summed E-state index contributed by atoms with van der Waals surface area (Å²) in [7, 11) is 1.45. The molecule has 5 nitrogen and oxygen atoms in total. The quantitative estimate of drug-likeness (QED) is 0.657. The van der Waals surface area contributed by atoms with Gasteiger partial charge in [-0.3, -0.25) is 4.79 Å². The fourth-order valence-electron chi connectivity index (χ4n) is 2.53. The van der Waals surface area contributed by atoms with E-state index < -0.39 is 24.3 Å². The highest BCUT2D eigenvalue weighted by molar-refractivity contribution is 6.33. The molecule has 0 aliphatic rings. The second kappa shape index (κ2) is 8.05. The van der Waals surface area contributed by atoms with E-state index in [0.717, 1.165) is 22.9 Å². The Hall–Kier alpha value is -3.12. The van der Waals surface area contributed by atoms with Crippen LogP contribution in [0.5, 0.6) is 5.75 Å². The van der Waals surface area contributed by atoms with Crippen LogP contribution in [0.15, 0.2) is 54.6 Å². The zero-order valence-corrected chi connectivity index (χ0v) is 15.0. The maximum Gasteiger partial charge on any atom is 0.342 e. The summed E-state index contributed by atoms with van der Waals surface area (Å²) in [6.07, 6.45) is 0. The van der Waals surface area contributed by atoms with Gasteiger partial charge in [0.1, 0.15) is 17.1 Å². The number of carbonyl (C=O) groups excluding carboxylic acids is 2. The molecule has 1 N–H and O–H groups in total. The predicted molar refractivity (Wildman–Crippen MR) is 101 cm³/mol. The molecule has 0 bridgehead atoms. The van der Waals surface area contributed by atoms with Gasteiger partial charge in [0.2, 0.25) is 0 Å². The molecule has 3 rings (SSSR count). The van der Waals surface area contributed by atoms with Gasteiger partial charge in [0.05, 0.1) is 17.8 Å². The minimum atomic E-state index is -0.696. The number of methoxy groups -OCH3 is 1. The van der Waals surface area contributed by atoms with Crippen LogP contribution in [0.2, 0.25) is 5.02 Å². The molecule has 3 aromatic carbocycles. The molecule has 3 aromatic rings. The molecule has 0 unspecified atom stereocenters. The Morgan fingerprint density at radius 3 is 2.44 bits per heavy atom. The van der Waals surface area contributed by atoms with Crippen LogP contribution in [0.25, 0.3) is 10.8 Å². The van der Waals surface area contributed by atoms with E-state index in [9.17, 15) is 14.0 Å². The van der Waals surface area contributed by atoms with E-state index in [1.165, 1.54) is 13.2 Å². The summed E-state index contributed by atoms with van der Waals surface area (Å²) in [5.74, 6) is -1.47. The van der Waals surface area contributed by atoms with E-state index in [1.807, 2.05) is 24.3 Å². The largest absolute Gasteiger partial charge is 0.496 e. The molecule has 0 saturated heterocycles. The number of ether oxygens (including phenoxy) is 2. The average molecular weight is 388 g/mol. The van der Waals surface area contributed by atoms with Crippen molar-refractivity contribution < 1.29 is 23.5 Å². The van der Waals surface area contributed by atoms with E-state index in [2.05, 4.69) is 5.32 Å². The Morgan fingerprint density at radius 2 is 1.78 bits per heavy atom. The first-order valence-corrected chi connectivity index (χ1v) is 8.34. The fourth-order valence-corrected chi connectivity index (χ4v) is 2.75. The first-order chi connectivity index (χ1) is 13.0. The van der Waals surface area contributed by atoms with E-state index >= 15 is 0 Å². The smallest absolute Gasteiger partial charge is 0.342 e. The summed E-state index contributed by atoms with van der Waals surface area (Å²) in [6.45, 7) is -0.525. The zero-order valence-electron chi connectivity index (χ0n) is 14.3. The Labute approximate surface area is 159 Å². The SMILES string of the molecule is COc1cc2ccccc2cc1C(=O)OCC(=O)Nc1ccc(F)cc1Cl. The first kappa shape index (κ1) is 18.7. The Balaban J connectivity index is 1.70. The predicted octanol–water partition coefficient (Wildman–Crippen LogP) is 4.44. The van der Waals surface area contributed by atoms with Crippen molar-refractivity contribution in [3.8, 4) is 5.75 Å². The Morgan fingerprint density at radius 1 is 1.07 bits per heavy atom. The maximum absolute atomic E-state index is 13.0. The summed E-state index contributed by atoms with van der Waals surface area (Å²) in [5, 5.41) is 4.26. The van der Waals surface area contributed by atoms with Crippen molar-refractivity contribution in [2.45, 2.75) is 0 Å². The third-order valence-corrected chi connectivity index (χ3v) is 4.14. The van der Waals surface area contributed by atoms with E-state index in [4.69, 9.17) is 21.1 Å². The monoisotopic (exact) mass is 387 g/mol. The second-order valence-electron chi connectivity index (χ2n) is 5.65. The highest BCUT2D eigenvalue weighted by Crippen LogP contribution is 2.27. The average Bonchev–Trinajstić information content (AvgIpc) is 2.67. The van der Waals surface area contributed by atoms with Crippen LogP contribution in [0.1, 0.15) is 10.4 Å². The third-order valence-electron chi connectivity index (χ3n) is 3.83. The zero-order chi connectivity index (χ0) is 19.4. The van der Waals surface area contributed by atoms with Gasteiger partial charge in [0.15, 0.2) is 6.61 Å². The Kier molecular flexibility index (Phi) is 5.57. The number of hydrogen-bond acceptors (Lipinski definition) is 4. The molecule has 0 aromatic heterocycles. The summed E-state index contributed by atoms with van der Waals surface area (Å²) in [6, 6.07) is 14.4. The molecule has 27 heavy (non-hydrogen) atoms. The highest BCUT2D eigenvalue weighted by atomic mass is 35.5. The van der Waals surface area contributed by atoms with Gasteiger partial charge >= 0.3 is 5.97 Å². The molecule has 0 atom stereocenters. The number of anilines is 1. The summed E-state index contributed by atoms with van der Waals surface area (Å²) in [5.41, 5.74) is 0.436. The standard InChI is InChI=1S/C20H15ClFNO4/c1-26-18-9-13-5-3-2-4-12(13)8-15(18)20(25)27-11-19(24)23-17-7-6-14(22)10-16(17)21/h2-10H,11H2,1H3,(H,23,24). The van der Waals surface area contributed by atoms with Crippen molar-refractivity contribution >= 4 is 39.9 Å². The molecular formula is C20H15ClFNO4. The lowest BCUT2D eigenvalue weighted by Gasteiger charge is -2.11. The van der Waals surface area contributed by atoms with Crippen LogP contribution in [0.4, 0.5) is 10.1 Å². The van der Waals surface area contributed by atoms with Crippen LogP contribution in [-0.2, 0) is 9.53 Å². The van der Waals surface area contributed by atoms with Gasteiger partial charge in [-0.1, -0.05) is 35.9 Å². The minimum absolute atomic E-state index is 0.0471. The number of rotatable bonds is 5. The molecular weight excluding hydrogens is 373 g/mol. The number of nitrogens with one attached hydrogen (secondary N) is 1. The molecule has 0 aliphatic carbocycles. The number of benzene rings is 3. The number of halogens is 2. The van der Waals surface area contributed by atoms with Gasteiger partial charge in [-0.2, -0.15) is 0 Å². The lowest BCUT2D eigenvalue weighted by atomic mass is 10.1. The Bertz CT molecular complexity index is 1020. The number of hydrogen-bond donors (Lipinski definition) is 1. The fraction of sp³-hybridized carbons (Fsp3) is 0.100. The molecule has 0 aliphatic heterocycles. The van der Waals surface area contributed by atoms with Crippen molar-refractivity contribution in [1.29, 1.82) is 0 Å². The highest BCUT2D eigenvalue weighted by Gasteiger charge is 2.17. The molecule has 138 valence electrons. The van der Waals surface area contributed by atoms with E-state index in [-0.39, 0.29) is 16.3 Å².